The minimum absolute atomic E-state index is 0.0748. The molecule has 2 amide bonds. The fraction of sp³-hybridized carbons (Fsp3) is 0.556. The minimum atomic E-state index is -0.900. The standard InChI is InChI=1S/C18H27N5O4/c1-11(2)16(17(19)24)21-18(25)14-9-13(5-6-15(14)23(26)27)22-8-4-7-20-12(3)10-22/h5-6,9,11-12,16,20H,4,7-8,10H2,1-3H3,(H2,19,24)(H,21,25). The predicted molar refractivity (Wildman–Crippen MR) is 103 cm³/mol. The van der Waals surface area contributed by atoms with Crippen molar-refractivity contribution >= 4 is 23.2 Å². The molecule has 9 nitrogen and oxygen atoms in total. The number of nitrogens with zero attached hydrogens (tertiary/aromatic N) is 2. The van der Waals surface area contributed by atoms with E-state index in [1.807, 2.05) is 0 Å². The Morgan fingerprint density at radius 3 is 2.70 bits per heavy atom. The van der Waals surface area contributed by atoms with E-state index in [2.05, 4.69) is 22.5 Å². The van der Waals surface area contributed by atoms with Gasteiger partial charge in [0.1, 0.15) is 11.6 Å². The Bertz CT molecular complexity index is 722. The van der Waals surface area contributed by atoms with Crippen molar-refractivity contribution in [2.45, 2.75) is 39.3 Å². The van der Waals surface area contributed by atoms with E-state index in [-0.39, 0.29) is 23.2 Å². The normalized spacial score (nSPS) is 18.7. The Hall–Kier alpha value is -2.68. The van der Waals surface area contributed by atoms with E-state index in [1.54, 1.807) is 19.9 Å². The lowest BCUT2D eigenvalue weighted by Gasteiger charge is -2.25. The summed E-state index contributed by atoms with van der Waals surface area (Å²) < 4.78 is 0. The van der Waals surface area contributed by atoms with Crippen molar-refractivity contribution in [3.63, 3.8) is 0 Å². The van der Waals surface area contributed by atoms with Gasteiger partial charge in [0.25, 0.3) is 11.6 Å². The molecule has 1 heterocycles. The molecule has 2 rings (SSSR count). The van der Waals surface area contributed by atoms with Crippen molar-refractivity contribution in [3.05, 3.63) is 33.9 Å². The second-order valence-corrected chi connectivity index (χ2v) is 7.21. The van der Waals surface area contributed by atoms with Crippen molar-refractivity contribution in [3.8, 4) is 0 Å². The van der Waals surface area contributed by atoms with Crippen LogP contribution in [0.4, 0.5) is 11.4 Å². The topological polar surface area (TPSA) is 131 Å². The first-order valence-electron chi connectivity index (χ1n) is 9.07. The fourth-order valence-electron chi connectivity index (χ4n) is 3.19. The van der Waals surface area contributed by atoms with E-state index >= 15 is 0 Å². The predicted octanol–water partition coefficient (Wildman–Crippen LogP) is 1.02. The molecule has 0 aromatic heterocycles. The molecule has 1 saturated heterocycles. The largest absolute Gasteiger partial charge is 0.370 e. The summed E-state index contributed by atoms with van der Waals surface area (Å²) in [6.07, 6.45) is 0.931. The summed E-state index contributed by atoms with van der Waals surface area (Å²) in [6, 6.07) is 3.87. The number of hydrogen-bond donors (Lipinski definition) is 3. The lowest BCUT2D eigenvalue weighted by molar-refractivity contribution is -0.385. The van der Waals surface area contributed by atoms with Crippen LogP contribution in [0.1, 0.15) is 37.6 Å². The van der Waals surface area contributed by atoms with Crippen LogP contribution in [0.2, 0.25) is 0 Å². The third-order valence-corrected chi connectivity index (χ3v) is 4.64. The average Bonchev–Trinajstić information content (AvgIpc) is 2.82. The van der Waals surface area contributed by atoms with Crippen molar-refractivity contribution in [1.29, 1.82) is 0 Å². The van der Waals surface area contributed by atoms with E-state index < -0.39 is 22.8 Å². The van der Waals surface area contributed by atoms with Gasteiger partial charge in [-0.05, 0) is 37.9 Å². The molecule has 4 N–H and O–H groups in total. The van der Waals surface area contributed by atoms with E-state index in [9.17, 15) is 19.7 Å². The third-order valence-electron chi connectivity index (χ3n) is 4.64. The number of nitrogens with two attached hydrogens (primary N) is 1. The molecule has 2 unspecified atom stereocenters. The molecule has 2 atom stereocenters. The molecule has 0 spiro atoms. The highest BCUT2D eigenvalue weighted by molar-refractivity contribution is 6.01. The zero-order chi connectivity index (χ0) is 20.1. The van der Waals surface area contributed by atoms with Gasteiger partial charge in [-0.1, -0.05) is 13.8 Å². The molecule has 1 aliphatic heterocycles. The van der Waals surface area contributed by atoms with Crippen molar-refractivity contribution in [2.75, 3.05) is 24.5 Å². The van der Waals surface area contributed by atoms with Crippen LogP contribution in [0, 0.1) is 16.0 Å². The minimum Gasteiger partial charge on any atom is -0.370 e. The van der Waals surface area contributed by atoms with Gasteiger partial charge < -0.3 is 21.3 Å². The van der Waals surface area contributed by atoms with Crippen molar-refractivity contribution < 1.29 is 14.5 Å². The van der Waals surface area contributed by atoms with Gasteiger partial charge in [-0.25, -0.2) is 0 Å². The van der Waals surface area contributed by atoms with Gasteiger partial charge >= 0.3 is 0 Å². The molecule has 27 heavy (non-hydrogen) atoms. The Kier molecular flexibility index (Phi) is 6.73. The summed E-state index contributed by atoms with van der Waals surface area (Å²) in [6.45, 7) is 7.96. The van der Waals surface area contributed by atoms with E-state index in [1.165, 1.54) is 12.1 Å². The molecule has 1 aromatic rings. The summed E-state index contributed by atoms with van der Waals surface area (Å²) in [5.74, 6) is -1.59. The first-order chi connectivity index (χ1) is 12.7. The van der Waals surface area contributed by atoms with E-state index in [0.717, 1.165) is 31.7 Å². The molecule has 1 aliphatic rings. The van der Waals surface area contributed by atoms with Gasteiger partial charge in [0.05, 0.1) is 4.92 Å². The van der Waals surface area contributed by atoms with Crippen LogP contribution in [-0.4, -0.2) is 48.5 Å². The Labute approximate surface area is 158 Å². The molecule has 1 fully saturated rings. The lowest BCUT2D eigenvalue weighted by atomic mass is 10.0. The highest BCUT2D eigenvalue weighted by Gasteiger charge is 2.27. The molecular weight excluding hydrogens is 350 g/mol. The van der Waals surface area contributed by atoms with Gasteiger partial charge in [-0.2, -0.15) is 0 Å². The van der Waals surface area contributed by atoms with Crippen LogP contribution in [-0.2, 0) is 4.79 Å². The molecule has 0 bridgehead atoms. The first kappa shape index (κ1) is 20.6. The quantitative estimate of drug-likeness (QED) is 0.501. The first-order valence-corrected chi connectivity index (χ1v) is 9.07. The number of carbonyl (C=O) groups excluding carboxylic acids is 2. The maximum absolute atomic E-state index is 12.7. The zero-order valence-corrected chi connectivity index (χ0v) is 15.9. The summed E-state index contributed by atoms with van der Waals surface area (Å²) in [4.78, 5) is 37.2. The highest BCUT2D eigenvalue weighted by Crippen LogP contribution is 2.26. The summed E-state index contributed by atoms with van der Waals surface area (Å²) >= 11 is 0. The maximum atomic E-state index is 12.7. The monoisotopic (exact) mass is 377 g/mol. The number of amides is 2. The number of primary amides is 1. The van der Waals surface area contributed by atoms with E-state index in [4.69, 9.17) is 5.73 Å². The average molecular weight is 377 g/mol. The molecule has 148 valence electrons. The second-order valence-electron chi connectivity index (χ2n) is 7.21. The van der Waals surface area contributed by atoms with Gasteiger partial charge in [0.15, 0.2) is 0 Å². The van der Waals surface area contributed by atoms with Gasteiger partial charge in [-0.3, -0.25) is 19.7 Å². The van der Waals surface area contributed by atoms with Crippen LogP contribution in [0.3, 0.4) is 0 Å². The Morgan fingerprint density at radius 1 is 1.41 bits per heavy atom. The van der Waals surface area contributed by atoms with Gasteiger partial charge in [0, 0.05) is 30.9 Å². The number of benzene rings is 1. The number of nitro benzene ring substituents is 1. The Morgan fingerprint density at radius 2 is 2.11 bits per heavy atom. The van der Waals surface area contributed by atoms with Crippen molar-refractivity contribution in [2.24, 2.45) is 11.7 Å². The van der Waals surface area contributed by atoms with Crippen LogP contribution >= 0.6 is 0 Å². The second kappa shape index (κ2) is 8.81. The number of rotatable bonds is 6. The molecule has 9 heteroatoms. The SMILES string of the molecule is CC1CN(c2ccc([N+](=O)[O-])c(C(=O)NC(C(N)=O)C(C)C)c2)CCCN1. The fourth-order valence-corrected chi connectivity index (χ4v) is 3.19. The number of hydrogen-bond acceptors (Lipinski definition) is 6. The summed E-state index contributed by atoms with van der Waals surface area (Å²) in [5.41, 5.74) is 5.70. The molecular formula is C18H27N5O4. The molecule has 1 aromatic carbocycles. The number of nitro groups is 1. The highest BCUT2D eigenvalue weighted by atomic mass is 16.6. The molecule has 0 aliphatic carbocycles. The van der Waals surface area contributed by atoms with Gasteiger partial charge in [-0.15, -0.1) is 0 Å². The molecule has 0 radical (unpaired) electrons. The van der Waals surface area contributed by atoms with Crippen LogP contribution in [0.25, 0.3) is 0 Å². The van der Waals surface area contributed by atoms with Crippen LogP contribution in [0.5, 0.6) is 0 Å². The van der Waals surface area contributed by atoms with Gasteiger partial charge in [0.2, 0.25) is 5.91 Å². The van der Waals surface area contributed by atoms with Crippen LogP contribution < -0.4 is 21.3 Å². The number of carbonyl (C=O) groups is 2. The van der Waals surface area contributed by atoms with E-state index in [0.29, 0.717) is 0 Å². The number of nitrogens with one attached hydrogen (secondary N) is 2. The third kappa shape index (κ3) is 5.16. The lowest BCUT2D eigenvalue weighted by Crippen LogP contribution is -2.47. The Balaban J connectivity index is 2.36. The molecule has 0 saturated carbocycles. The summed E-state index contributed by atoms with van der Waals surface area (Å²) in [5, 5.41) is 17.3. The maximum Gasteiger partial charge on any atom is 0.282 e. The smallest absolute Gasteiger partial charge is 0.282 e. The zero-order valence-electron chi connectivity index (χ0n) is 15.9. The van der Waals surface area contributed by atoms with Crippen molar-refractivity contribution in [1.82, 2.24) is 10.6 Å². The summed E-state index contributed by atoms with van der Waals surface area (Å²) in [7, 11) is 0. The van der Waals surface area contributed by atoms with Crippen LogP contribution in [0.15, 0.2) is 18.2 Å². The number of anilines is 1.